The van der Waals surface area contributed by atoms with E-state index in [9.17, 15) is 13.2 Å². The lowest BCUT2D eigenvalue weighted by atomic mass is 10.1. The molecule has 0 atom stereocenters. The molecule has 0 N–H and O–H groups in total. The molecule has 0 spiro atoms. The summed E-state index contributed by atoms with van der Waals surface area (Å²) in [5.74, 6) is 0.126. The standard InChI is InChI=1S/C20H24ClF3N2O2/c1-5-12(6-2)27-19-17(8-4)25-18(16(7-3)26-19)14-10-9-13(11-15(14)21)28-20(22,23)24/h9-12H,5-8H2,1-4H3. The van der Waals surface area contributed by atoms with Crippen molar-refractivity contribution >= 4 is 11.6 Å². The van der Waals surface area contributed by atoms with E-state index in [1.165, 1.54) is 12.1 Å². The minimum Gasteiger partial charge on any atom is -0.473 e. The molecule has 0 saturated carbocycles. The second-order valence-corrected chi connectivity index (χ2v) is 6.63. The summed E-state index contributed by atoms with van der Waals surface area (Å²) in [7, 11) is 0. The van der Waals surface area contributed by atoms with E-state index in [4.69, 9.17) is 16.3 Å². The van der Waals surface area contributed by atoms with Crippen LogP contribution < -0.4 is 9.47 Å². The molecule has 28 heavy (non-hydrogen) atoms. The topological polar surface area (TPSA) is 44.2 Å². The largest absolute Gasteiger partial charge is 0.573 e. The first kappa shape index (κ1) is 22.3. The highest BCUT2D eigenvalue weighted by Gasteiger charge is 2.31. The molecule has 0 amide bonds. The molecule has 1 heterocycles. The first-order chi connectivity index (χ1) is 13.2. The summed E-state index contributed by atoms with van der Waals surface area (Å²) in [4.78, 5) is 9.33. The normalized spacial score (nSPS) is 11.8. The van der Waals surface area contributed by atoms with E-state index in [0.717, 1.165) is 18.9 Å². The second kappa shape index (κ2) is 9.45. The van der Waals surface area contributed by atoms with Crippen molar-refractivity contribution in [1.82, 2.24) is 9.97 Å². The fraction of sp³-hybridized carbons (Fsp3) is 0.500. The van der Waals surface area contributed by atoms with Gasteiger partial charge >= 0.3 is 6.36 Å². The Hall–Kier alpha value is -2.02. The van der Waals surface area contributed by atoms with Crippen molar-refractivity contribution in [3.8, 4) is 22.9 Å². The molecule has 0 unspecified atom stereocenters. The quantitative estimate of drug-likeness (QED) is 0.500. The zero-order valence-corrected chi connectivity index (χ0v) is 17.1. The Morgan fingerprint density at radius 1 is 1.00 bits per heavy atom. The zero-order chi connectivity index (χ0) is 20.9. The van der Waals surface area contributed by atoms with Gasteiger partial charge in [0, 0.05) is 5.56 Å². The number of nitrogens with zero attached hydrogens (tertiary/aromatic N) is 2. The molecule has 2 rings (SSSR count). The van der Waals surface area contributed by atoms with Crippen LogP contribution in [0.2, 0.25) is 5.02 Å². The van der Waals surface area contributed by atoms with Gasteiger partial charge in [-0.2, -0.15) is 0 Å². The molecule has 0 aliphatic rings. The minimum atomic E-state index is -4.78. The molecule has 154 valence electrons. The maximum absolute atomic E-state index is 12.4. The van der Waals surface area contributed by atoms with Crippen molar-refractivity contribution in [1.29, 1.82) is 0 Å². The van der Waals surface area contributed by atoms with Gasteiger partial charge in [0.15, 0.2) is 0 Å². The second-order valence-electron chi connectivity index (χ2n) is 6.22. The molecule has 0 bridgehead atoms. The SMILES string of the molecule is CCc1nc(-c2ccc(OC(F)(F)F)cc2Cl)c(CC)nc1OC(CC)CC. The number of benzene rings is 1. The van der Waals surface area contributed by atoms with Crippen molar-refractivity contribution < 1.29 is 22.6 Å². The lowest BCUT2D eigenvalue weighted by Crippen LogP contribution is -2.17. The molecule has 0 aliphatic heterocycles. The van der Waals surface area contributed by atoms with Crippen molar-refractivity contribution in [2.45, 2.75) is 65.8 Å². The third-order valence-corrected chi connectivity index (χ3v) is 4.60. The van der Waals surface area contributed by atoms with E-state index in [1.54, 1.807) is 0 Å². The van der Waals surface area contributed by atoms with Gasteiger partial charge in [0.25, 0.3) is 0 Å². The van der Waals surface area contributed by atoms with Crippen molar-refractivity contribution in [3.63, 3.8) is 0 Å². The smallest absolute Gasteiger partial charge is 0.473 e. The van der Waals surface area contributed by atoms with E-state index < -0.39 is 6.36 Å². The third-order valence-electron chi connectivity index (χ3n) is 4.29. The predicted octanol–water partition coefficient (Wildman–Crippen LogP) is 6.39. The molecule has 0 radical (unpaired) electrons. The van der Waals surface area contributed by atoms with Gasteiger partial charge < -0.3 is 9.47 Å². The Morgan fingerprint density at radius 2 is 1.64 bits per heavy atom. The van der Waals surface area contributed by atoms with Crippen LogP contribution in [0.1, 0.15) is 51.9 Å². The predicted molar refractivity (Wildman–Crippen MR) is 103 cm³/mol. The minimum absolute atomic E-state index is 0.0533. The molecule has 1 aromatic carbocycles. The maximum Gasteiger partial charge on any atom is 0.573 e. The average molecular weight is 417 g/mol. The molecule has 1 aromatic heterocycles. The summed E-state index contributed by atoms with van der Waals surface area (Å²) in [5, 5.41) is 0.112. The number of rotatable bonds is 8. The first-order valence-electron chi connectivity index (χ1n) is 9.34. The highest BCUT2D eigenvalue weighted by molar-refractivity contribution is 6.33. The molecule has 0 fully saturated rings. The Labute approximate surface area is 168 Å². The summed E-state index contributed by atoms with van der Waals surface area (Å²) in [6.07, 6.45) is -1.83. The highest BCUT2D eigenvalue weighted by atomic mass is 35.5. The van der Waals surface area contributed by atoms with Crippen LogP contribution in [0.3, 0.4) is 0 Å². The number of hydrogen-bond donors (Lipinski definition) is 0. The Kier molecular flexibility index (Phi) is 7.52. The number of alkyl halides is 3. The van der Waals surface area contributed by atoms with Crippen LogP contribution in [0.25, 0.3) is 11.3 Å². The fourth-order valence-electron chi connectivity index (χ4n) is 2.77. The van der Waals surface area contributed by atoms with Crippen LogP contribution in [0.5, 0.6) is 11.6 Å². The number of hydrogen-bond acceptors (Lipinski definition) is 4. The summed E-state index contributed by atoms with van der Waals surface area (Å²) in [6.45, 7) is 7.97. The van der Waals surface area contributed by atoms with Gasteiger partial charge in [-0.05, 0) is 43.9 Å². The lowest BCUT2D eigenvalue weighted by molar-refractivity contribution is -0.274. The van der Waals surface area contributed by atoms with Gasteiger partial charge in [-0.1, -0.05) is 39.3 Å². The average Bonchev–Trinajstić information content (AvgIpc) is 2.64. The summed E-state index contributed by atoms with van der Waals surface area (Å²) in [6, 6.07) is 3.81. The molecule has 0 aliphatic carbocycles. The lowest BCUT2D eigenvalue weighted by Gasteiger charge is -2.19. The molecule has 8 heteroatoms. The van der Waals surface area contributed by atoms with Crippen molar-refractivity contribution in [3.05, 3.63) is 34.6 Å². The van der Waals surface area contributed by atoms with Gasteiger partial charge in [-0.15, -0.1) is 13.2 Å². The Balaban J connectivity index is 2.47. The summed E-state index contributed by atoms with van der Waals surface area (Å²) >= 11 is 6.24. The number of aryl methyl sites for hydroxylation is 2. The van der Waals surface area contributed by atoms with E-state index in [0.29, 0.717) is 41.4 Å². The zero-order valence-electron chi connectivity index (χ0n) is 16.4. The molecular formula is C20H24ClF3N2O2. The molecular weight excluding hydrogens is 393 g/mol. The van der Waals surface area contributed by atoms with Crippen LogP contribution in [-0.2, 0) is 12.8 Å². The van der Waals surface area contributed by atoms with Gasteiger partial charge in [-0.25, -0.2) is 9.97 Å². The maximum atomic E-state index is 12.4. The van der Waals surface area contributed by atoms with Crippen molar-refractivity contribution in [2.24, 2.45) is 0 Å². The van der Waals surface area contributed by atoms with Crippen LogP contribution in [0.15, 0.2) is 18.2 Å². The van der Waals surface area contributed by atoms with Gasteiger partial charge in [0.05, 0.1) is 22.5 Å². The van der Waals surface area contributed by atoms with E-state index >= 15 is 0 Å². The molecule has 2 aromatic rings. The molecule has 4 nitrogen and oxygen atoms in total. The van der Waals surface area contributed by atoms with E-state index in [-0.39, 0.29) is 16.9 Å². The van der Waals surface area contributed by atoms with Crippen LogP contribution in [0.4, 0.5) is 13.2 Å². The van der Waals surface area contributed by atoms with Crippen molar-refractivity contribution in [2.75, 3.05) is 0 Å². The number of halogens is 4. The van der Waals surface area contributed by atoms with Crippen LogP contribution in [0, 0.1) is 0 Å². The molecule has 0 saturated heterocycles. The number of ether oxygens (including phenoxy) is 2. The summed E-state index contributed by atoms with van der Waals surface area (Å²) < 4.78 is 47.2. The van der Waals surface area contributed by atoms with E-state index in [1.807, 2.05) is 27.7 Å². The Bertz CT molecular complexity index is 809. The Morgan fingerprint density at radius 3 is 2.14 bits per heavy atom. The number of aromatic nitrogens is 2. The third kappa shape index (κ3) is 5.50. The highest BCUT2D eigenvalue weighted by Crippen LogP contribution is 2.35. The van der Waals surface area contributed by atoms with Crippen LogP contribution in [-0.4, -0.2) is 22.4 Å². The van der Waals surface area contributed by atoms with E-state index in [2.05, 4.69) is 14.7 Å². The van der Waals surface area contributed by atoms with Gasteiger partial charge in [0.2, 0.25) is 5.88 Å². The van der Waals surface area contributed by atoms with Crippen LogP contribution >= 0.6 is 11.6 Å². The van der Waals surface area contributed by atoms with Gasteiger partial charge in [-0.3, -0.25) is 0 Å². The van der Waals surface area contributed by atoms with Gasteiger partial charge in [0.1, 0.15) is 11.4 Å². The first-order valence-corrected chi connectivity index (χ1v) is 9.72. The monoisotopic (exact) mass is 416 g/mol. The fourth-order valence-corrected chi connectivity index (χ4v) is 3.03. The summed E-state index contributed by atoms with van der Waals surface area (Å²) in [5.41, 5.74) is 2.40.